The summed E-state index contributed by atoms with van der Waals surface area (Å²) in [6, 6.07) is 7.89. The number of carboxylic acid groups (broad SMARTS) is 1. The summed E-state index contributed by atoms with van der Waals surface area (Å²) < 4.78 is 0. The van der Waals surface area contributed by atoms with E-state index in [1.807, 2.05) is 18.2 Å². The highest BCUT2D eigenvalue weighted by Crippen LogP contribution is 2.20. The average molecular weight is 219 g/mol. The van der Waals surface area contributed by atoms with Gasteiger partial charge in [-0.3, -0.25) is 4.79 Å². The van der Waals surface area contributed by atoms with Crippen LogP contribution in [0.1, 0.15) is 24.8 Å². The third-order valence-electron chi connectivity index (χ3n) is 2.99. The van der Waals surface area contributed by atoms with Gasteiger partial charge in [0, 0.05) is 18.8 Å². The maximum atomic E-state index is 10.6. The van der Waals surface area contributed by atoms with Gasteiger partial charge in [-0.05, 0) is 37.0 Å². The van der Waals surface area contributed by atoms with Crippen LogP contribution in [0.4, 0.5) is 5.69 Å². The van der Waals surface area contributed by atoms with Crippen molar-refractivity contribution in [3.05, 3.63) is 29.8 Å². The zero-order chi connectivity index (χ0) is 11.4. The highest BCUT2D eigenvalue weighted by Gasteiger charge is 2.11. The number of benzene rings is 1. The van der Waals surface area contributed by atoms with E-state index in [9.17, 15) is 4.79 Å². The number of anilines is 1. The molecular weight excluding hydrogens is 202 g/mol. The molecule has 3 nitrogen and oxygen atoms in total. The molecule has 16 heavy (non-hydrogen) atoms. The topological polar surface area (TPSA) is 40.5 Å². The fourth-order valence-electron chi connectivity index (χ4n) is 2.19. The smallest absolute Gasteiger partial charge is 0.307 e. The second kappa shape index (κ2) is 5.01. The predicted molar refractivity (Wildman–Crippen MR) is 63.8 cm³/mol. The minimum Gasteiger partial charge on any atom is -0.481 e. The van der Waals surface area contributed by atoms with Crippen LogP contribution in [0.3, 0.4) is 0 Å². The first-order valence-corrected chi connectivity index (χ1v) is 5.81. The molecule has 86 valence electrons. The number of aliphatic carboxylic acids is 1. The van der Waals surface area contributed by atoms with Crippen molar-refractivity contribution in [3.8, 4) is 0 Å². The van der Waals surface area contributed by atoms with Gasteiger partial charge in [-0.2, -0.15) is 0 Å². The maximum Gasteiger partial charge on any atom is 0.307 e. The quantitative estimate of drug-likeness (QED) is 0.848. The van der Waals surface area contributed by atoms with Crippen molar-refractivity contribution >= 4 is 11.7 Å². The Labute approximate surface area is 95.7 Å². The van der Waals surface area contributed by atoms with Gasteiger partial charge < -0.3 is 10.0 Å². The van der Waals surface area contributed by atoms with Crippen LogP contribution in [0.5, 0.6) is 0 Å². The number of piperidine rings is 1. The minimum absolute atomic E-state index is 0.113. The summed E-state index contributed by atoms with van der Waals surface area (Å²) in [5.74, 6) is -0.768. The number of rotatable bonds is 3. The fourth-order valence-corrected chi connectivity index (χ4v) is 2.19. The van der Waals surface area contributed by atoms with Crippen LogP contribution in [-0.4, -0.2) is 24.2 Å². The summed E-state index contributed by atoms with van der Waals surface area (Å²) in [4.78, 5) is 13.0. The van der Waals surface area contributed by atoms with Crippen LogP contribution in [0.15, 0.2) is 24.3 Å². The summed E-state index contributed by atoms with van der Waals surface area (Å²) in [6.07, 6.45) is 3.90. The molecule has 1 aromatic carbocycles. The van der Waals surface area contributed by atoms with E-state index in [-0.39, 0.29) is 6.42 Å². The molecule has 3 heteroatoms. The molecule has 0 unspecified atom stereocenters. The van der Waals surface area contributed by atoms with E-state index in [2.05, 4.69) is 11.0 Å². The number of nitrogens with zero attached hydrogens (tertiary/aromatic N) is 1. The molecule has 0 atom stereocenters. The lowest BCUT2D eigenvalue weighted by atomic mass is 10.1. The van der Waals surface area contributed by atoms with E-state index < -0.39 is 5.97 Å². The normalized spacial score (nSPS) is 16.1. The first-order chi connectivity index (χ1) is 7.75. The Bertz CT molecular complexity index is 370. The number of hydrogen-bond donors (Lipinski definition) is 1. The first kappa shape index (κ1) is 11.0. The largest absolute Gasteiger partial charge is 0.481 e. The zero-order valence-corrected chi connectivity index (χ0v) is 9.35. The van der Waals surface area contributed by atoms with Gasteiger partial charge in [0.15, 0.2) is 0 Å². The van der Waals surface area contributed by atoms with E-state index in [1.54, 1.807) is 0 Å². The Hall–Kier alpha value is -1.51. The van der Waals surface area contributed by atoms with Crippen molar-refractivity contribution < 1.29 is 9.90 Å². The summed E-state index contributed by atoms with van der Waals surface area (Å²) >= 11 is 0. The molecule has 1 aliphatic heterocycles. The van der Waals surface area contributed by atoms with Gasteiger partial charge in [0.05, 0.1) is 6.42 Å². The second-order valence-corrected chi connectivity index (χ2v) is 4.29. The van der Waals surface area contributed by atoms with E-state index in [1.165, 1.54) is 24.9 Å². The number of carboxylic acids is 1. The number of hydrogen-bond acceptors (Lipinski definition) is 2. The van der Waals surface area contributed by atoms with Crippen LogP contribution in [0.2, 0.25) is 0 Å². The first-order valence-electron chi connectivity index (χ1n) is 5.81. The summed E-state index contributed by atoms with van der Waals surface area (Å²) in [7, 11) is 0. The maximum absolute atomic E-state index is 10.6. The molecule has 1 aromatic rings. The molecule has 1 heterocycles. The monoisotopic (exact) mass is 219 g/mol. The summed E-state index contributed by atoms with van der Waals surface area (Å²) in [5.41, 5.74) is 2.05. The van der Waals surface area contributed by atoms with Crippen molar-refractivity contribution in [2.45, 2.75) is 25.7 Å². The second-order valence-electron chi connectivity index (χ2n) is 4.29. The summed E-state index contributed by atoms with van der Waals surface area (Å²) in [6.45, 7) is 2.19. The highest BCUT2D eigenvalue weighted by molar-refractivity contribution is 5.70. The molecule has 0 radical (unpaired) electrons. The Morgan fingerprint density at radius 3 is 2.69 bits per heavy atom. The Morgan fingerprint density at radius 2 is 2.00 bits per heavy atom. The highest BCUT2D eigenvalue weighted by atomic mass is 16.4. The van der Waals surface area contributed by atoms with Crippen molar-refractivity contribution in [1.29, 1.82) is 0 Å². The number of carbonyl (C=O) groups is 1. The van der Waals surface area contributed by atoms with E-state index in [0.717, 1.165) is 18.7 Å². The van der Waals surface area contributed by atoms with Gasteiger partial charge in [-0.15, -0.1) is 0 Å². The van der Waals surface area contributed by atoms with Crippen LogP contribution >= 0.6 is 0 Å². The molecule has 0 aliphatic carbocycles. The van der Waals surface area contributed by atoms with Gasteiger partial charge in [-0.1, -0.05) is 12.1 Å². The Morgan fingerprint density at radius 1 is 1.25 bits per heavy atom. The predicted octanol–water partition coefficient (Wildman–Crippen LogP) is 2.30. The van der Waals surface area contributed by atoms with Gasteiger partial charge >= 0.3 is 5.97 Å². The fraction of sp³-hybridized carbons (Fsp3) is 0.462. The molecule has 1 saturated heterocycles. The van der Waals surface area contributed by atoms with E-state index in [4.69, 9.17) is 5.11 Å². The average Bonchev–Trinajstić information content (AvgIpc) is 2.30. The van der Waals surface area contributed by atoms with Gasteiger partial charge in [0.2, 0.25) is 0 Å². The van der Waals surface area contributed by atoms with Gasteiger partial charge in [0.1, 0.15) is 0 Å². The Kier molecular flexibility index (Phi) is 3.44. The van der Waals surface area contributed by atoms with E-state index in [0.29, 0.717) is 0 Å². The third-order valence-corrected chi connectivity index (χ3v) is 2.99. The molecule has 0 amide bonds. The van der Waals surface area contributed by atoms with Gasteiger partial charge in [0.25, 0.3) is 0 Å². The molecule has 1 N–H and O–H groups in total. The SMILES string of the molecule is O=C(O)Cc1cccc(N2CCCCC2)c1. The lowest BCUT2D eigenvalue weighted by Gasteiger charge is -2.29. The van der Waals surface area contributed by atoms with Crippen molar-refractivity contribution in [2.75, 3.05) is 18.0 Å². The standard InChI is InChI=1S/C13H17NO2/c15-13(16)10-11-5-4-6-12(9-11)14-7-2-1-3-8-14/h4-6,9H,1-3,7-8,10H2,(H,15,16). The van der Waals surface area contributed by atoms with Crippen molar-refractivity contribution in [2.24, 2.45) is 0 Å². The van der Waals surface area contributed by atoms with Crippen LogP contribution in [-0.2, 0) is 11.2 Å². The third kappa shape index (κ3) is 2.75. The molecule has 0 spiro atoms. The lowest BCUT2D eigenvalue weighted by molar-refractivity contribution is -0.136. The van der Waals surface area contributed by atoms with E-state index >= 15 is 0 Å². The van der Waals surface area contributed by atoms with Crippen LogP contribution in [0.25, 0.3) is 0 Å². The molecule has 0 saturated carbocycles. The molecular formula is C13H17NO2. The van der Waals surface area contributed by atoms with Gasteiger partial charge in [-0.25, -0.2) is 0 Å². The molecule has 1 aliphatic rings. The van der Waals surface area contributed by atoms with Crippen molar-refractivity contribution in [3.63, 3.8) is 0 Å². The minimum atomic E-state index is -0.768. The molecule has 0 aromatic heterocycles. The lowest BCUT2D eigenvalue weighted by Crippen LogP contribution is -2.29. The molecule has 0 bridgehead atoms. The summed E-state index contributed by atoms with van der Waals surface area (Å²) in [5, 5.41) is 8.75. The Balaban J connectivity index is 2.11. The van der Waals surface area contributed by atoms with Crippen LogP contribution < -0.4 is 4.90 Å². The zero-order valence-electron chi connectivity index (χ0n) is 9.35. The van der Waals surface area contributed by atoms with Crippen molar-refractivity contribution in [1.82, 2.24) is 0 Å². The molecule has 1 fully saturated rings. The molecule has 2 rings (SSSR count). The van der Waals surface area contributed by atoms with Crippen LogP contribution in [0, 0.1) is 0 Å².